The van der Waals surface area contributed by atoms with Gasteiger partial charge in [-0.15, -0.1) is 0 Å². The van der Waals surface area contributed by atoms with Crippen LogP contribution in [0.15, 0.2) is 12.1 Å². The summed E-state index contributed by atoms with van der Waals surface area (Å²) in [6.07, 6.45) is 0.508. The van der Waals surface area contributed by atoms with Crippen LogP contribution in [0.3, 0.4) is 0 Å². The van der Waals surface area contributed by atoms with Gasteiger partial charge in [0.25, 0.3) is 0 Å². The first-order valence-electron chi connectivity index (χ1n) is 5.59. The molecule has 5 nitrogen and oxygen atoms in total. The summed E-state index contributed by atoms with van der Waals surface area (Å²) in [4.78, 5) is 23.9. The van der Waals surface area contributed by atoms with Gasteiger partial charge >= 0.3 is 5.97 Å². The molecule has 1 aliphatic heterocycles. The van der Waals surface area contributed by atoms with Gasteiger partial charge in [-0.1, -0.05) is 11.6 Å². The van der Waals surface area contributed by atoms with Gasteiger partial charge in [0.1, 0.15) is 0 Å². The van der Waals surface area contributed by atoms with E-state index < -0.39 is 5.97 Å². The molecule has 0 saturated carbocycles. The molecule has 18 heavy (non-hydrogen) atoms. The van der Waals surface area contributed by atoms with Crippen LogP contribution in [0.25, 0.3) is 0 Å². The van der Waals surface area contributed by atoms with Crippen molar-refractivity contribution in [3.8, 4) is 0 Å². The topological polar surface area (TPSA) is 83.6 Å². The summed E-state index contributed by atoms with van der Waals surface area (Å²) in [6.45, 7) is 0.526. The Morgan fingerprint density at radius 1 is 1.39 bits per heavy atom. The van der Waals surface area contributed by atoms with E-state index in [2.05, 4.69) is 0 Å². The van der Waals surface area contributed by atoms with Crippen molar-refractivity contribution < 1.29 is 14.7 Å². The number of amides is 1. The van der Waals surface area contributed by atoms with E-state index in [9.17, 15) is 9.59 Å². The van der Waals surface area contributed by atoms with Crippen molar-refractivity contribution in [3.63, 3.8) is 0 Å². The monoisotopic (exact) mass is 268 g/mol. The summed E-state index contributed by atoms with van der Waals surface area (Å²) in [5.41, 5.74) is 7.93. The van der Waals surface area contributed by atoms with E-state index in [1.165, 1.54) is 0 Å². The Bertz CT molecular complexity index is 516. The molecule has 2 rings (SSSR count). The van der Waals surface area contributed by atoms with Gasteiger partial charge in [0, 0.05) is 18.0 Å². The molecule has 3 N–H and O–H groups in total. The second-order valence-electron chi connectivity index (χ2n) is 4.19. The predicted molar refractivity (Wildman–Crippen MR) is 68.8 cm³/mol. The zero-order valence-corrected chi connectivity index (χ0v) is 10.4. The standard InChI is InChI=1S/C12H13ClN2O3/c13-8-5-7-3-4-15(12(7)9(14)6-8)10(16)1-2-11(17)18/h5-6H,1-4,14H2,(H,17,18). The highest BCUT2D eigenvalue weighted by Gasteiger charge is 2.27. The number of halogens is 1. The lowest BCUT2D eigenvalue weighted by atomic mass is 10.1. The number of carbonyl (C=O) groups excluding carboxylic acids is 1. The Morgan fingerprint density at radius 2 is 2.11 bits per heavy atom. The molecule has 0 unspecified atom stereocenters. The number of nitrogen functional groups attached to an aromatic ring is 1. The van der Waals surface area contributed by atoms with Gasteiger partial charge in [-0.2, -0.15) is 0 Å². The first-order chi connectivity index (χ1) is 8.49. The molecule has 0 spiro atoms. The van der Waals surface area contributed by atoms with Crippen molar-refractivity contribution in [2.45, 2.75) is 19.3 Å². The van der Waals surface area contributed by atoms with Crippen molar-refractivity contribution in [2.75, 3.05) is 17.2 Å². The largest absolute Gasteiger partial charge is 0.481 e. The minimum absolute atomic E-state index is 0.0170. The Hall–Kier alpha value is -1.75. The SMILES string of the molecule is Nc1cc(Cl)cc2c1N(C(=O)CCC(=O)O)CC2. The zero-order valence-electron chi connectivity index (χ0n) is 9.65. The maximum atomic E-state index is 11.9. The van der Waals surface area contributed by atoms with Crippen molar-refractivity contribution in [2.24, 2.45) is 0 Å². The van der Waals surface area contributed by atoms with Crippen LogP contribution in [0.5, 0.6) is 0 Å². The van der Waals surface area contributed by atoms with Gasteiger partial charge in [0.2, 0.25) is 5.91 Å². The number of benzene rings is 1. The second-order valence-corrected chi connectivity index (χ2v) is 4.63. The quantitative estimate of drug-likeness (QED) is 0.817. The summed E-state index contributed by atoms with van der Waals surface area (Å²) >= 11 is 5.90. The summed E-state index contributed by atoms with van der Waals surface area (Å²) in [6, 6.07) is 3.39. The van der Waals surface area contributed by atoms with E-state index in [-0.39, 0.29) is 18.7 Å². The molecule has 1 aliphatic rings. The number of aliphatic carboxylic acids is 1. The number of carboxylic acid groups (broad SMARTS) is 1. The number of hydrogen-bond donors (Lipinski definition) is 2. The molecule has 1 amide bonds. The minimum Gasteiger partial charge on any atom is -0.481 e. The minimum atomic E-state index is -0.980. The lowest BCUT2D eigenvalue weighted by Gasteiger charge is -2.18. The summed E-state index contributed by atoms with van der Waals surface area (Å²) < 4.78 is 0. The molecule has 0 aromatic heterocycles. The van der Waals surface area contributed by atoms with Crippen LogP contribution in [-0.4, -0.2) is 23.5 Å². The first kappa shape index (κ1) is 12.7. The lowest BCUT2D eigenvalue weighted by Crippen LogP contribution is -2.29. The van der Waals surface area contributed by atoms with Crippen molar-refractivity contribution >= 4 is 34.9 Å². The van der Waals surface area contributed by atoms with Crippen LogP contribution >= 0.6 is 11.6 Å². The highest BCUT2D eigenvalue weighted by molar-refractivity contribution is 6.31. The molecule has 1 heterocycles. The molecule has 0 radical (unpaired) electrons. The molecule has 1 aromatic carbocycles. The average Bonchev–Trinajstić information content (AvgIpc) is 2.69. The van der Waals surface area contributed by atoms with Gasteiger partial charge in [0.05, 0.1) is 17.8 Å². The fourth-order valence-electron chi connectivity index (χ4n) is 2.14. The number of fused-ring (bicyclic) bond motifs is 1. The number of rotatable bonds is 3. The fraction of sp³-hybridized carbons (Fsp3) is 0.333. The number of hydrogen-bond acceptors (Lipinski definition) is 3. The van der Waals surface area contributed by atoms with Crippen LogP contribution in [0.2, 0.25) is 5.02 Å². The number of nitrogens with two attached hydrogens (primary N) is 1. The molecule has 0 saturated heterocycles. The fourth-order valence-corrected chi connectivity index (χ4v) is 2.39. The number of carboxylic acids is 1. The van der Waals surface area contributed by atoms with E-state index in [0.717, 1.165) is 5.56 Å². The lowest BCUT2D eigenvalue weighted by molar-refractivity contribution is -0.138. The van der Waals surface area contributed by atoms with Crippen LogP contribution < -0.4 is 10.6 Å². The molecule has 6 heteroatoms. The van der Waals surface area contributed by atoms with Gasteiger partial charge < -0.3 is 15.7 Å². The summed E-state index contributed by atoms with van der Waals surface area (Å²) in [5, 5.41) is 9.13. The molecule has 0 atom stereocenters. The molecule has 0 fully saturated rings. The summed E-state index contributed by atoms with van der Waals surface area (Å²) in [5.74, 6) is -1.20. The van der Waals surface area contributed by atoms with Crippen molar-refractivity contribution in [3.05, 3.63) is 22.7 Å². The van der Waals surface area contributed by atoms with Crippen LogP contribution in [-0.2, 0) is 16.0 Å². The molecule has 0 aliphatic carbocycles. The zero-order chi connectivity index (χ0) is 13.3. The van der Waals surface area contributed by atoms with E-state index in [1.807, 2.05) is 0 Å². The third-order valence-electron chi connectivity index (χ3n) is 2.91. The molecular formula is C12H13ClN2O3. The molecular weight excluding hydrogens is 256 g/mol. The van der Waals surface area contributed by atoms with Gasteiger partial charge in [-0.3, -0.25) is 9.59 Å². The maximum Gasteiger partial charge on any atom is 0.303 e. The third-order valence-corrected chi connectivity index (χ3v) is 3.13. The highest BCUT2D eigenvalue weighted by atomic mass is 35.5. The first-order valence-corrected chi connectivity index (χ1v) is 5.97. The van der Waals surface area contributed by atoms with E-state index in [0.29, 0.717) is 29.4 Å². The number of anilines is 2. The summed E-state index contributed by atoms with van der Waals surface area (Å²) in [7, 11) is 0. The Kier molecular flexibility index (Phi) is 3.43. The molecule has 1 aromatic rings. The highest BCUT2D eigenvalue weighted by Crippen LogP contribution is 2.36. The normalized spacial score (nSPS) is 13.5. The van der Waals surface area contributed by atoms with Crippen LogP contribution in [0, 0.1) is 0 Å². The smallest absolute Gasteiger partial charge is 0.303 e. The van der Waals surface area contributed by atoms with E-state index in [4.69, 9.17) is 22.4 Å². The second kappa shape index (κ2) is 4.86. The third kappa shape index (κ3) is 2.41. The molecule has 96 valence electrons. The van der Waals surface area contributed by atoms with E-state index >= 15 is 0 Å². The van der Waals surface area contributed by atoms with E-state index in [1.54, 1.807) is 17.0 Å². The van der Waals surface area contributed by atoms with Crippen molar-refractivity contribution in [1.82, 2.24) is 0 Å². The van der Waals surface area contributed by atoms with Gasteiger partial charge in [-0.25, -0.2) is 0 Å². The molecule has 0 bridgehead atoms. The Balaban J connectivity index is 2.21. The Labute approximate surface area is 109 Å². The predicted octanol–water partition coefficient (Wildman–Crippen LogP) is 1.68. The number of nitrogens with zero attached hydrogens (tertiary/aromatic N) is 1. The average molecular weight is 269 g/mol. The van der Waals surface area contributed by atoms with Gasteiger partial charge in [0.15, 0.2) is 0 Å². The maximum absolute atomic E-state index is 11.9. The van der Waals surface area contributed by atoms with Crippen LogP contribution in [0.1, 0.15) is 18.4 Å². The van der Waals surface area contributed by atoms with Crippen molar-refractivity contribution in [1.29, 1.82) is 0 Å². The number of carbonyl (C=O) groups is 2. The van der Waals surface area contributed by atoms with Gasteiger partial charge in [-0.05, 0) is 24.1 Å². The van der Waals surface area contributed by atoms with Crippen LogP contribution in [0.4, 0.5) is 11.4 Å². The Morgan fingerprint density at radius 3 is 2.78 bits per heavy atom.